The predicted octanol–water partition coefficient (Wildman–Crippen LogP) is 2.51. The minimum atomic E-state index is 0. The Morgan fingerprint density at radius 3 is 2.62 bits per heavy atom. The third-order valence-electron chi connectivity index (χ3n) is 2.97. The van der Waals surface area contributed by atoms with Gasteiger partial charge in [-0.15, -0.1) is 12.4 Å². The maximum atomic E-state index is 5.03. The molecule has 0 radical (unpaired) electrons. The zero-order valence-corrected chi connectivity index (χ0v) is 13.4. The lowest BCUT2D eigenvalue weighted by Crippen LogP contribution is -2.19. The fraction of sp³-hybridized carbons (Fsp3) is 0.467. The molecule has 1 aromatic carbocycles. The first-order valence-electron chi connectivity index (χ1n) is 7.04. The van der Waals surface area contributed by atoms with Gasteiger partial charge in [0.25, 0.3) is 0 Å². The van der Waals surface area contributed by atoms with Gasteiger partial charge in [-0.25, -0.2) is 0 Å². The maximum Gasteiger partial charge on any atom is 0.117 e. The molecule has 0 bridgehead atoms. The summed E-state index contributed by atoms with van der Waals surface area (Å²) in [5.41, 5.74) is 3.06. The summed E-state index contributed by atoms with van der Waals surface area (Å²) in [6.45, 7) is 5.19. The normalized spacial score (nSPS) is 10.4. The van der Waals surface area contributed by atoms with Crippen LogP contribution in [0, 0.1) is 0 Å². The van der Waals surface area contributed by atoms with Crippen molar-refractivity contribution in [3.63, 3.8) is 0 Å². The molecule has 0 atom stereocenters. The van der Waals surface area contributed by atoms with Crippen LogP contribution in [-0.4, -0.2) is 35.3 Å². The van der Waals surface area contributed by atoms with Gasteiger partial charge < -0.3 is 10.1 Å². The second-order valence-corrected chi connectivity index (χ2v) is 4.63. The quantitative estimate of drug-likeness (QED) is 0.761. The molecule has 6 heteroatoms. The number of halogens is 1. The topological polar surface area (TPSA) is 52.0 Å². The van der Waals surface area contributed by atoms with E-state index in [-0.39, 0.29) is 12.4 Å². The van der Waals surface area contributed by atoms with E-state index < -0.39 is 0 Å². The summed E-state index contributed by atoms with van der Waals surface area (Å²) in [5, 5.41) is 12.5. The monoisotopic (exact) mass is 310 g/mol. The molecule has 21 heavy (non-hydrogen) atoms. The maximum absolute atomic E-state index is 5.03. The van der Waals surface area contributed by atoms with E-state index >= 15 is 0 Å². The van der Waals surface area contributed by atoms with Crippen LogP contribution in [0.25, 0.3) is 11.3 Å². The molecule has 0 amide bonds. The van der Waals surface area contributed by atoms with Crippen LogP contribution in [0.1, 0.15) is 19.0 Å². The molecule has 0 saturated carbocycles. The fourth-order valence-electron chi connectivity index (χ4n) is 2.00. The zero-order valence-electron chi connectivity index (χ0n) is 12.6. The van der Waals surface area contributed by atoms with Gasteiger partial charge in [-0.3, -0.25) is 0 Å². The Morgan fingerprint density at radius 2 is 1.95 bits per heavy atom. The van der Waals surface area contributed by atoms with E-state index in [1.807, 2.05) is 18.2 Å². The number of hydrogen-bond acceptors (Lipinski definition) is 4. The van der Waals surface area contributed by atoms with E-state index in [4.69, 9.17) is 4.74 Å². The van der Waals surface area contributed by atoms with Crippen molar-refractivity contribution >= 4 is 12.4 Å². The Balaban J connectivity index is 0.00000220. The molecule has 0 fully saturated rings. The predicted molar refractivity (Wildman–Crippen MR) is 86.6 cm³/mol. The number of hydrogen-bond donors (Lipinski definition) is 1. The molecule has 0 spiro atoms. The van der Waals surface area contributed by atoms with Crippen molar-refractivity contribution in [2.45, 2.75) is 26.4 Å². The molecule has 0 unspecified atom stereocenters. The summed E-state index contributed by atoms with van der Waals surface area (Å²) in [4.78, 5) is 1.79. The van der Waals surface area contributed by atoms with Gasteiger partial charge >= 0.3 is 0 Å². The van der Waals surface area contributed by atoms with E-state index in [1.54, 1.807) is 11.9 Å². The highest BCUT2D eigenvalue weighted by atomic mass is 35.5. The van der Waals surface area contributed by atoms with Gasteiger partial charge in [-0.05, 0) is 6.42 Å². The summed E-state index contributed by atoms with van der Waals surface area (Å²) in [6, 6.07) is 10.2. The SMILES string of the molecule is CCCn1nc(CNCCOC)c(-c2ccccc2)n1.Cl. The van der Waals surface area contributed by atoms with Crippen molar-refractivity contribution < 1.29 is 4.74 Å². The van der Waals surface area contributed by atoms with Gasteiger partial charge in [-0.2, -0.15) is 15.0 Å². The molecule has 116 valence electrons. The number of aromatic nitrogens is 3. The Morgan fingerprint density at radius 1 is 1.19 bits per heavy atom. The summed E-state index contributed by atoms with van der Waals surface area (Å²) in [7, 11) is 1.70. The Labute approximate surface area is 132 Å². The number of benzene rings is 1. The molecular weight excluding hydrogens is 288 g/mol. The summed E-state index contributed by atoms with van der Waals surface area (Å²) in [5.74, 6) is 0. The zero-order chi connectivity index (χ0) is 14.2. The average molecular weight is 311 g/mol. The van der Waals surface area contributed by atoms with Gasteiger partial charge in [0.15, 0.2) is 0 Å². The highest BCUT2D eigenvalue weighted by Crippen LogP contribution is 2.19. The van der Waals surface area contributed by atoms with Crippen LogP contribution in [-0.2, 0) is 17.8 Å². The van der Waals surface area contributed by atoms with Gasteiger partial charge in [-0.1, -0.05) is 37.3 Å². The van der Waals surface area contributed by atoms with Crippen molar-refractivity contribution in [1.29, 1.82) is 0 Å². The number of nitrogens with one attached hydrogen (secondary N) is 1. The molecule has 2 rings (SSSR count). The smallest absolute Gasteiger partial charge is 0.117 e. The van der Waals surface area contributed by atoms with Gasteiger partial charge in [0, 0.05) is 25.8 Å². The van der Waals surface area contributed by atoms with Crippen molar-refractivity contribution in [3.8, 4) is 11.3 Å². The van der Waals surface area contributed by atoms with Gasteiger partial charge in [0.1, 0.15) is 11.4 Å². The summed E-state index contributed by atoms with van der Waals surface area (Å²) >= 11 is 0. The number of nitrogens with zero attached hydrogens (tertiary/aromatic N) is 3. The van der Waals surface area contributed by atoms with Crippen LogP contribution < -0.4 is 5.32 Å². The van der Waals surface area contributed by atoms with Crippen LogP contribution in [0.5, 0.6) is 0 Å². The fourth-order valence-corrected chi connectivity index (χ4v) is 2.00. The third kappa shape index (κ3) is 5.12. The molecule has 0 saturated heterocycles. The summed E-state index contributed by atoms with van der Waals surface area (Å²) in [6.07, 6.45) is 1.03. The van der Waals surface area contributed by atoms with Crippen LogP contribution in [0.4, 0.5) is 0 Å². The molecule has 0 aliphatic rings. The minimum Gasteiger partial charge on any atom is -0.383 e. The first-order valence-corrected chi connectivity index (χ1v) is 7.04. The Kier molecular flexibility index (Phi) is 7.97. The lowest BCUT2D eigenvalue weighted by atomic mass is 10.1. The van der Waals surface area contributed by atoms with Crippen molar-refractivity contribution in [3.05, 3.63) is 36.0 Å². The second-order valence-electron chi connectivity index (χ2n) is 4.63. The molecule has 1 N–H and O–H groups in total. The van der Waals surface area contributed by atoms with E-state index in [9.17, 15) is 0 Å². The van der Waals surface area contributed by atoms with Crippen LogP contribution in [0.2, 0.25) is 0 Å². The van der Waals surface area contributed by atoms with Gasteiger partial charge in [0.2, 0.25) is 0 Å². The van der Waals surface area contributed by atoms with E-state index in [2.05, 4.69) is 34.6 Å². The highest BCUT2D eigenvalue weighted by molar-refractivity contribution is 5.85. The number of rotatable bonds is 8. The molecular formula is C15H23ClN4O. The van der Waals surface area contributed by atoms with Crippen molar-refractivity contribution in [2.75, 3.05) is 20.3 Å². The number of ether oxygens (including phenoxy) is 1. The second kappa shape index (κ2) is 9.50. The molecule has 2 aromatic rings. The molecule has 0 aliphatic heterocycles. The number of methoxy groups -OCH3 is 1. The molecule has 1 aromatic heterocycles. The van der Waals surface area contributed by atoms with E-state index in [0.29, 0.717) is 13.2 Å². The molecule has 1 heterocycles. The largest absolute Gasteiger partial charge is 0.383 e. The molecule has 0 aliphatic carbocycles. The Bertz CT molecular complexity index is 516. The lowest BCUT2D eigenvalue weighted by Gasteiger charge is -2.03. The third-order valence-corrected chi connectivity index (χ3v) is 2.97. The van der Waals surface area contributed by atoms with Crippen LogP contribution in [0.3, 0.4) is 0 Å². The average Bonchev–Trinajstić information content (AvgIpc) is 2.88. The van der Waals surface area contributed by atoms with Crippen LogP contribution >= 0.6 is 12.4 Å². The first kappa shape index (κ1) is 17.6. The highest BCUT2D eigenvalue weighted by Gasteiger charge is 2.12. The van der Waals surface area contributed by atoms with Gasteiger partial charge in [0.05, 0.1) is 13.2 Å². The minimum absolute atomic E-state index is 0. The van der Waals surface area contributed by atoms with E-state index in [1.165, 1.54) is 0 Å². The van der Waals surface area contributed by atoms with Crippen molar-refractivity contribution in [1.82, 2.24) is 20.3 Å². The standard InChI is InChI=1S/C15H22N4O.ClH/c1-3-10-19-17-14(12-16-9-11-20-2)15(18-19)13-7-5-4-6-8-13;/h4-8,16H,3,9-12H2,1-2H3;1H. The lowest BCUT2D eigenvalue weighted by molar-refractivity contribution is 0.199. The molecule has 5 nitrogen and oxygen atoms in total. The number of aryl methyl sites for hydroxylation is 1. The van der Waals surface area contributed by atoms with Crippen molar-refractivity contribution in [2.24, 2.45) is 0 Å². The first-order chi connectivity index (χ1) is 9.85. The Hall–Kier alpha value is -1.43. The van der Waals surface area contributed by atoms with E-state index in [0.717, 1.165) is 36.5 Å². The summed E-state index contributed by atoms with van der Waals surface area (Å²) < 4.78 is 5.03. The van der Waals surface area contributed by atoms with Crippen LogP contribution in [0.15, 0.2) is 30.3 Å².